The van der Waals surface area contributed by atoms with Crippen LogP contribution in [0.5, 0.6) is 11.5 Å². The fraction of sp³-hybridized carbons (Fsp3) is 0.519. The van der Waals surface area contributed by atoms with Crippen LogP contribution in [0.15, 0.2) is 30.6 Å². The molecular formula is C27H29Cl2F2N3O6S. The van der Waals surface area contributed by atoms with E-state index in [2.05, 4.69) is 4.74 Å². The van der Waals surface area contributed by atoms with Gasteiger partial charge in [0.25, 0.3) is 0 Å². The molecule has 1 aromatic heterocycles. The van der Waals surface area contributed by atoms with Crippen molar-refractivity contribution in [3.63, 3.8) is 0 Å². The molecule has 2 unspecified atom stereocenters. The molecular weight excluding hydrogens is 603 g/mol. The Bertz CT molecular complexity index is 1280. The molecule has 9 nitrogen and oxygen atoms in total. The van der Waals surface area contributed by atoms with Crippen LogP contribution >= 0.6 is 35.0 Å². The molecule has 1 amide bonds. The van der Waals surface area contributed by atoms with Crippen LogP contribution in [0.1, 0.15) is 42.9 Å². The van der Waals surface area contributed by atoms with E-state index in [0.29, 0.717) is 47.1 Å². The summed E-state index contributed by atoms with van der Waals surface area (Å²) in [6, 6.07) is 4.06. The van der Waals surface area contributed by atoms with Crippen LogP contribution in [-0.4, -0.2) is 53.7 Å². The Kier molecular flexibility index (Phi) is 9.32. The first kappa shape index (κ1) is 29.9. The Hall–Kier alpha value is -2.54. The molecule has 2 aliphatic carbocycles. The highest BCUT2D eigenvalue weighted by molar-refractivity contribution is 8.00. The molecule has 1 saturated heterocycles. The summed E-state index contributed by atoms with van der Waals surface area (Å²) < 4.78 is 43.1. The summed E-state index contributed by atoms with van der Waals surface area (Å²) in [6.07, 6.45) is 4.58. The largest absolute Gasteiger partial charge is 0.619 e. The van der Waals surface area contributed by atoms with Crippen LogP contribution in [0.25, 0.3) is 0 Å². The number of halogens is 4. The third kappa shape index (κ3) is 7.10. The zero-order chi connectivity index (χ0) is 29.3. The number of ether oxygens (including phenoxy) is 3. The second kappa shape index (κ2) is 12.8. The molecule has 0 radical (unpaired) electrons. The summed E-state index contributed by atoms with van der Waals surface area (Å²) in [4.78, 5) is 28.1. The van der Waals surface area contributed by atoms with Crippen molar-refractivity contribution in [2.24, 2.45) is 17.6 Å². The molecule has 41 heavy (non-hydrogen) atoms. The number of hydrogen-bond acceptors (Lipinski definition) is 8. The van der Waals surface area contributed by atoms with Crippen LogP contribution < -0.4 is 19.9 Å². The number of alkyl halides is 2. The highest BCUT2D eigenvalue weighted by Gasteiger charge is 2.44. The molecule has 2 heterocycles. The predicted octanol–water partition coefficient (Wildman–Crippen LogP) is 4.48. The molecule has 4 atom stereocenters. The summed E-state index contributed by atoms with van der Waals surface area (Å²) >= 11 is 13.9. The number of esters is 1. The fourth-order valence-electron chi connectivity index (χ4n) is 4.80. The molecule has 0 spiro atoms. The normalized spacial score (nSPS) is 22.8. The van der Waals surface area contributed by atoms with Gasteiger partial charge in [0.05, 0.1) is 12.5 Å². The zero-order valence-electron chi connectivity index (χ0n) is 21.8. The van der Waals surface area contributed by atoms with Gasteiger partial charge in [0.1, 0.15) is 16.1 Å². The monoisotopic (exact) mass is 631 g/mol. The lowest BCUT2D eigenvalue weighted by molar-refractivity contribution is -0.605. The van der Waals surface area contributed by atoms with E-state index in [1.54, 1.807) is 0 Å². The van der Waals surface area contributed by atoms with Gasteiger partial charge in [0, 0.05) is 30.3 Å². The highest BCUT2D eigenvalue weighted by Crippen LogP contribution is 2.39. The van der Waals surface area contributed by atoms with E-state index in [0.717, 1.165) is 31.7 Å². The first-order chi connectivity index (χ1) is 19.6. The quantitative estimate of drug-likeness (QED) is 0.219. The smallest absolute Gasteiger partial charge is 0.387 e. The van der Waals surface area contributed by atoms with Crippen molar-refractivity contribution in [1.82, 2.24) is 4.90 Å². The van der Waals surface area contributed by atoms with E-state index in [4.69, 9.17) is 38.4 Å². The third-order valence-corrected chi connectivity index (χ3v) is 9.29. The predicted molar refractivity (Wildman–Crippen MR) is 148 cm³/mol. The average molecular weight is 633 g/mol. The first-order valence-electron chi connectivity index (χ1n) is 13.3. The average Bonchev–Trinajstić information content (AvgIpc) is 3.60. The number of nitrogens with zero attached hydrogens (tertiary/aromatic N) is 2. The number of amides is 1. The van der Waals surface area contributed by atoms with E-state index in [-0.39, 0.29) is 45.8 Å². The van der Waals surface area contributed by atoms with Crippen LogP contribution in [0.3, 0.4) is 0 Å². The van der Waals surface area contributed by atoms with E-state index < -0.39 is 24.1 Å². The van der Waals surface area contributed by atoms with Crippen LogP contribution in [-0.2, 0) is 20.7 Å². The van der Waals surface area contributed by atoms with Crippen molar-refractivity contribution >= 4 is 46.8 Å². The van der Waals surface area contributed by atoms with Crippen molar-refractivity contribution in [3.05, 3.63) is 57.0 Å². The maximum atomic E-state index is 13.5. The Balaban J connectivity index is 1.43. The van der Waals surface area contributed by atoms with Crippen molar-refractivity contribution in [2.75, 3.05) is 18.9 Å². The van der Waals surface area contributed by atoms with E-state index in [9.17, 15) is 23.6 Å². The number of pyridine rings is 1. The lowest BCUT2D eigenvalue weighted by Crippen LogP contribution is -2.52. The van der Waals surface area contributed by atoms with Gasteiger partial charge < -0.3 is 30.1 Å². The molecule has 0 bridgehead atoms. The minimum atomic E-state index is -3.06. The second-order valence-electron chi connectivity index (χ2n) is 10.4. The summed E-state index contributed by atoms with van der Waals surface area (Å²) in [6.45, 7) is -2.35. The zero-order valence-corrected chi connectivity index (χ0v) is 24.2. The molecule has 3 aliphatic rings. The minimum Gasteiger partial charge on any atom is -0.619 e. The van der Waals surface area contributed by atoms with Crippen molar-refractivity contribution < 1.29 is 37.3 Å². The van der Waals surface area contributed by atoms with Gasteiger partial charge in [-0.15, -0.1) is 11.8 Å². The molecule has 2 N–H and O–H groups in total. The van der Waals surface area contributed by atoms with Gasteiger partial charge in [0.2, 0.25) is 5.91 Å². The van der Waals surface area contributed by atoms with Gasteiger partial charge in [-0.2, -0.15) is 13.5 Å². The molecule has 14 heteroatoms. The molecule has 2 aromatic rings. The van der Waals surface area contributed by atoms with Gasteiger partial charge in [-0.1, -0.05) is 29.3 Å². The number of thioether (sulfide) groups is 1. The number of carbonyl (C=O) groups excluding carboxylic acids is 2. The number of aromatic nitrogens is 1. The van der Waals surface area contributed by atoms with Crippen molar-refractivity contribution in [1.29, 1.82) is 0 Å². The van der Waals surface area contributed by atoms with E-state index in [1.165, 1.54) is 34.9 Å². The van der Waals surface area contributed by atoms with E-state index >= 15 is 0 Å². The third-order valence-electron chi connectivity index (χ3n) is 7.45. The number of carbonyl (C=O) groups is 2. The van der Waals surface area contributed by atoms with Crippen LogP contribution in [0, 0.1) is 17.0 Å². The molecule has 3 fully saturated rings. The van der Waals surface area contributed by atoms with Crippen molar-refractivity contribution in [3.8, 4) is 11.5 Å². The van der Waals surface area contributed by atoms with Gasteiger partial charge in [-0.3, -0.25) is 4.79 Å². The summed E-state index contributed by atoms with van der Waals surface area (Å²) in [5, 5.41) is 11.0. The number of rotatable bonds is 11. The number of hydrogen-bond donors (Lipinski definition) is 1. The van der Waals surface area contributed by atoms with Crippen LogP contribution in [0.2, 0.25) is 10.0 Å². The van der Waals surface area contributed by atoms with Crippen molar-refractivity contribution in [2.45, 2.75) is 56.2 Å². The number of benzene rings is 1. The molecule has 5 rings (SSSR count). The highest BCUT2D eigenvalue weighted by atomic mass is 35.5. The lowest BCUT2D eigenvalue weighted by Gasteiger charge is -2.36. The summed E-state index contributed by atoms with van der Waals surface area (Å²) in [5.41, 5.74) is 6.76. The van der Waals surface area contributed by atoms with Gasteiger partial charge in [0.15, 0.2) is 29.3 Å². The lowest BCUT2D eigenvalue weighted by atomic mass is 9.79. The fourth-order valence-corrected chi connectivity index (χ4v) is 6.50. The Morgan fingerprint density at radius 3 is 2.49 bits per heavy atom. The molecule has 2 saturated carbocycles. The van der Waals surface area contributed by atoms with Gasteiger partial charge in [-0.05, 0) is 49.3 Å². The van der Waals surface area contributed by atoms with Gasteiger partial charge in [-0.25, -0.2) is 4.79 Å². The maximum absolute atomic E-state index is 13.5. The summed E-state index contributed by atoms with van der Waals surface area (Å²) in [5.74, 6) is -0.355. The standard InChI is InChI=1S/C27H29Cl2F2N3O6S/c28-18-11-33(37)12-19(29)17(18)10-22(15-3-6-21(40-27(30)31)23(9-15)38-13-14-1-2-14)39-26(36)25-34(7-8-41-25)24(35)16-4-5-20(16)32/h3,6,9,11-12,14,16,20,22,25,27H,1-2,4-5,7-8,10,13,32H2/t16-,20?,22-,25?/m0/s1. The molecule has 1 aliphatic heterocycles. The second-order valence-corrected chi connectivity index (χ2v) is 12.4. The maximum Gasteiger partial charge on any atom is 0.387 e. The topological polar surface area (TPSA) is 118 Å². The SMILES string of the molecule is NC1CC[C@@H]1C(=O)N1CCSC1C(=O)O[C@@H](Cc1c(Cl)c[n+]([O-])cc1Cl)c1ccc(OC(F)F)c(OCC2CC2)c1. The Labute approximate surface area is 249 Å². The molecule has 1 aromatic carbocycles. The van der Waals surface area contributed by atoms with Crippen LogP contribution in [0.4, 0.5) is 8.78 Å². The first-order valence-corrected chi connectivity index (χ1v) is 15.1. The summed E-state index contributed by atoms with van der Waals surface area (Å²) in [7, 11) is 0. The van der Waals surface area contributed by atoms with Gasteiger partial charge >= 0.3 is 12.6 Å². The minimum absolute atomic E-state index is 0.0415. The molecule has 222 valence electrons. The number of nitrogens with two attached hydrogens (primary N) is 1. The Morgan fingerprint density at radius 2 is 1.88 bits per heavy atom. The Morgan fingerprint density at radius 1 is 1.15 bits per heavy atom. The van der Waals surface area contributed by atoms with E-state index in [1.807, 2.05) is 0 Å².